The molecule has 142 valence electrons. The molecule has 2 aromatic carbocycles. The number of benzene rings is 2. The molecule has 0 spiro atoms. The van der Waals surface area contributed by atoms with Crippen molar-refractivity contribution >= 4 is 27.5 Å². The van der Waals surface area contributed by atoms with E-state index in [2.05, 4.69) is 20.3 Å². The van der Waals surface area contributed by atoms with Gasteiger partial charge in [-0.1, -0.05) is 0 Å². The first-order valence-electron chi connectivity index (χ1n) is 9.52. The van der Waals surface area contributed by atoms with Gasteiger partial charge < -0.3 is 15.2 Å². The number of piperazine rings is 1. The predicted octanol–water partition coefficient (Wildman–Crippen LogP) is 2.19. The smallest absolute Gasteiger partial charge is 0.259 e. The minimum Gasteiger partial charge on any atom is -0.369 e. The van der Waals surface area contributed by atoms with E-state index in [1.54, 1.807) is 4.68 Å². The number of hydrogen-bond donors (Lipinski definition) is 2. The van der Waals surface area contributed by atoms with Crippen LogP contribution in [-0.4, -0.2) is 45.9 Å². The molecule has 5 rings (SSSR count). The van der Waals surface area contributed by atoms with Crippen LogP contribution in [0.15, 0.2) is 41.3 Å². The Morgan fingerprint density at radius 2 is 1.93 bits per heavy atom. The molecule has 3 heterocycles. The molecular weight excluding hydrogens is 352 g/mol. The molecule has 2 N–H and O–H groups in total. The number of fused-ring (bicyclic) bond motifs is 2. The van der Waals surface area contributed by atoms with Crippen LogP contribution in [0.1, 0.15) is 5.56 Å². The lowest BCUT2D eigenvalue weighted by molar-refractivity contribution is 0.589. The van der Waals surface area contributed by atoms with Crippen LogP contribution in [0.5, 0.6) is 0 Å². The van der Waals surface area contributed by atoms with E-state index >= 15 is 0 Å². The molecule has 0 unspecified atom stereocenters. The van der Waals surface area contributed by atoms with Crippen molar-refractivity contribution in [3.8, 4) is 11.4 Å². The largest absolute Gasteiger partial charge is 0.369 e. The SMILES string of the molecule is Cc1cc(-c2nc3cc(N4CCNCC4)ccc3c(=O)[nH]2)cc2cn(C)nc12. The molecule has 0 aliphatic carbocycles. The van der Waals surface area contributed by atoms with Crippen molar-refractivity contribution in [1.29, 1.82) is 0 Å². The first-order chi connectivity index (χ1) is 13.6. The minimum atomic E-state index is -0.115. The minimum absolute atomic E-state index is 0.115. The molecule has 2 aromatic heterocycles. The van der Waals surface area contributed by atoms with E-state index < -0.39 is 0 Å². The Labute approximate surface area is 162 Å². The average Bonchev–Trinajstić information content (AvgIpc) is 3.09. The second kappa shape index (κ2) is 6.45. The summed E-state index contributed by atoms with van der Waals surface area (Å²) in [4.78, 5) is 22.7. The highest BCUT2D eigenvalue weighted by atomic mass is 16.1. The van der Waals surface area contributed by atoms with Gasteiger partial charge in [0.25, 0.3) is 5.56 Å². The van der Waals surface area contributed by atoms with Crippen LogP contribution < -0.4 is 15.8 Å². The first kappa shape index (κ1) is 16.9. The summed E-state index contributed by atoms with van der Waals surface area (Å²) in [5.74, 6) is 0.587. The number of rotatable bonds is 2. The molecule has 0 atom stereocenters. The highest BCUT2D eigenvalue weighted by Crippen LogP contribution is 2.26. The maximum absolute atomic E-state index is 12.7. The fourth-order valence-electron chi connectivity index (χ4n) is 3.95. The Morgan fingerprint density at radius 3 is 2.75 bits per heavy atom. The van der Waals surface area contributed by atoms with Crippen LogP contribution in [0.3, 0.4) is 0 Å². The maximum Gasteiger partial charge on any atom is 0.259 e. The van der Waals surface area contributed by atoms with E-state index in [0.717, 1.165) is 59.4 Å². The molecule has 0 saturated carbocycles. The van der Waals surface area contributed by atoms with Crippen LogP contribution in [0.25, 0.3) is 33.2 Å². The second-order valence-corrected chi connectivity index (χ2v) is 7.39. The van der Waals surface area contributed by atoms with Crippen molar-refractivity contribution in [1.82, 2.24) is 25.1 Å². The van der Waals surface area contributed by atoms with Crippen molar-refractivity contribution < 1.29 is 0 Å². The van der Waals surface area contributed by atoms with E-state index in [9.17, 15) is 4.79 Å². The van der Waals surface area contributed by atoms with Crippen molar-refractivity contribution in [2.24, 2.45) is 7.05 Å². The molecule has 7 nitrogen and oxygen atoms in total. The number of aromatic amines is 1. The highest BCUT2D eigenvalue weighted by Gasteiger charge is 2.14. The van der Waals surface area contributed by atoms with Crippen molar-refractivity contribution in [2.75, 3.05) is 31.1 Å². The standard InChI is InChI=1S/C21H22N6O/c1-13-9-14(10-15-12-26(2)25-19(13)15)20-23-18-11-16(27-7-5-22-6-8-27)3-4-17(18)21(28)24-20/h3-4,9-12,22H,5-8H2,1-2H3,(H,23,24,28). The second-order valence-electron chi connectivity index (χ2n) is 7.39. The quantitative estimate of drug-likeness (QED) is 0.562. The van der Waals surface area contributed by atoms with E-state index in [1.807, 2.05) is 50.5 Å². The molecule has 1 aliphatic rings. The summed E-state index contributed by atoms with van der Waals surface area (Å²) < 4.78 is 1.80. The number of hydrogen-bond acceptors (Lipinski definition) is 5. The zero-order valence-electron chi connectivity index (χ0n) is 16.0. The number of aromatic nitrogens is 4. The lowest BCUT2D eigenvalue weighted by Crippen LogP contribution is -2.43. The fourth-order valence-corrected chi connectivity index (χ4v) is 3.95. The maximum atomic E-state index is 12.7. The molecule has 0 bridgehead atoms. The lowest BCUT2D eigenvalue weighted by Gasteiger charge is -2.29. The van der Waals surface area contributed by atoms with Crippen LogP contribution in [0.2, 0.25) is 0 Å². The predicted molar refractivity (Wildman–Crippen MR) is 112 cm³/mol. The van der Waals surface area contributed by atoms with Gasteiger partial charge in [-0.05, 0) is 42.8 Å². The van der Waals surface area contributed by atoms with Crippen LogP contribution in [0.4, 0.5) is 5.69 Å². The van der Waals surface area contributed by atoms with Gasteiger partial charge in [0, 0.05) is 56.1 Å². The zero-order chi connectivity index (χ0) is 19.3. The van der Waals surface area contributed by atoms with Gasteiger partial charge in [0.15, 0.2) is 0 Å². The summed E-state index contributed by atoms with van der Waals surface area (Å²) in [6.45, 7) is 5.88. The number of nitrogens with one attached hydrogen (secondary N) is 2. The monoisotopic (exact) mass is 374 g/mol. The van der Waals surface area contributed by atoms with Crippen molar-refractivity contribution in [3.05, 3.63) is 52.4 Å². The number of nitrogens with zero attached hydrogens (tertiary/aromatic N) is 4. The van der Waals surface area contributed by atoms with Gasteiger partial charge in [-0.15, -0.1) is 0 Å². The Morgan fingerprint density at radius 1 is 1.11 bits per heavy atom. The number of aryl methyl sites for hydroxylation is 2. The van der Waals surface area contributed by atoms with Gasteiger partial charge in [-0.3, -0.25) is 9.48 Å². The van der Waals surface area contributed by atoms with Gasteiger partial charge in [0.1, 0.15) is 5.82 Å². The molecule has 7 heteroatoms. The molecule has 28 heavy (non-hydrogen) atoms. The third-order valence-electron chi connectivity index (χ3n) is 5.36. The molecular formula is C21H22N6O. The highest BCUT2D eigenvalue weighted by molar-refractivity contribution is 5.87. The topological polar surface area (TPSA) is 78.8 Å². The number of H-pyrrole nitrogens is 1. The Balaban J connectivity index is 1.64. The van der Waals surface area contributed by atoms with Gasteiger partial charge in [0.2, 0.25) is 0 Å². The Bertz CT molecular complexity index is 1250. The summed E-state index contributed by atoms with van der Waals surface area (Å²) in [6.07, 6.45) is 1.98. The summed E-state index contributed by atoms with van der Waals surface area (Å²) >= 11 is 0. The first-order valence-corrected chi connectivity index (χ1v) is 9.52. The molecule has 1 aliphatic heterocycles. The third kappa shape index (κ3) is 2.84. The average molecular weight is 374 g/mol. The molecule has 0 amide bonds. The summed E-state index contributed by atoms with van der Waals surface area (Å²) in [5, 5.41) is 9.51. The third-order valence-corrected chi connectivity index (χ3v) is 5.36. The van der Waals surface area contributed by atoms with E-state index in [-0.39, 0.29) is 5.56 Å². The van der Waals surface area contributed by atoms with Gasteiger partial charge in [0.05, 0.1) is 16.4 Å². The Hall–Kier alpha value is -3.19. The van der Waals surface area contributed by atoms with Gasteiger partial charge in [-0.2, -0.15) is 5.10 Å². The molecule has 4 aromatic rings. The number of anilines is 1. The Kier molecular flexibility index (Phi) is 3.91. The summed E-state index contributed by atoms with van der Waals surface area (Å²) in [5.41, 5.74) is 4.64. The van der Waals surface area contributed by atoms with Crippen LogP contribution in [-0.2, 0) is 7.05 Å². The molecule has 1 saturated heterocycles. The van der Waals surface area contributed by atoms with Gasteiger partial charge in [-0.25, -0.2) is 4.98 Å². The molecule has 1 fully saturated rings. The van der Waals surface area contributed by atoms with Gasteiger partial charge >= 0.3 is 0 Å². The fraction of sp³-hybridized carbons (Fsp3) is 0.286. The van der Waals surface area contributed by atoms with Crippen molar-refractivity contribution in [2.45, 2.75) is 6.92 Å². The molecule has 0 radical (unpaired) electrons. The summed E-state index contributed by atoms with van der Waals surface area (Å²) in [7, 11) is 1.91. The van der Waals surface area contributed by atoms with Crippen LogP contribution in [0, 0.1) is 6.92 Å². The lowest BCUT2D eigenvalue weighted by atomic mass is 10.1. The normalized spacial score (nSPS) is 14.9. The summed E-state index contributed by atoms with van der Waals surface area (Å²) in [6, 6.07) is 9.96. The zero-order valence-corrected chi connectivity index (χ0v) is 16.0. The van der Waals surface area contributed by atoms with E-state index in [4.69, 9.17) is 4.98 Å². The van der Waals surface area contributed by atoms with E-state index in [0.29, 0.717) is 11.2 Å². The van der Waals surface area contributed by atoms with Crippen molar-refractivity contribution in [3.63, 3.8) is 0 Å². The van der Waals surface area contributed by atoms with E-state index in [1.165, 1.54) is 0 Å². The van der Waals surface area contributed by atoms with Crippen LogP contribution >= 0.6 is 0 Å².